The van der Waals surface area contributed by atoms with E-state index in [4.69, 9.17) is 0 Å². The van der Waals surface area contributed by atoms with Gasteiger partial charge in [-0.05, 0) is 31.9 Å². The molecule has 0 aliphatic heterocycles. The lowest BCUT2D eigenvalue weighted by molar-refractivity contribution is -0.116. The van der Waals surface area contributed by atoms with Gasteiger partial charge in [0.25, 0.3) is 0 Å². The van der Waals surface area contributed by atoms with Crippen molar-refractivity contribution in [3.05, 3.63) is 29.6 Å². The van der Waals surface area contributed by atoms with E-state index in [1.54, 1.807) is 13.1 Å². The highest BCUT2D eigenvalue weighted by Gasteiger charge is 1.99. The molecule has 1 heterocycles. The molecular formula is C10H13NO. The highest BCUT2D eigenvalue weighted by molar-refractivity contribution is 5.75. The van der Waals surface area contributed by atoms with E-state index in [0.717, 1.165) is 12.1 Å². The monoisotopic (exact) mass is 163 g/mol. The summed E-state index contributed by atoms with van der Waals surface area (Å²) >= 11 is 0. The van der Waals surface area contributed by atoms with Gasteiger partial charge in [0, 0.05) is 18.3 Å². The minimum atomic E-state index is 0.222. The van der Waals surface area contributed by atoms with Crippen LogP contribution in [0.15, 0.2) is 18.3 Å². The number of carbonyl (C=O) groups is 1. The second kappa shape index (κ2) is 4.00. The van der Waals surface area contributed by atoms with Gasteiger partial charge in [-0.25, -0.2) is 0 Å². The van der Waals surface area contributed by atoms with E-state index in [0.29, 0.717) is 6.42 Å². The van der Waals surface area contributed by atoms with E-state index in [1.807, 2.05) is 19.1 Å². The zero-order valence-corrected chi connectivity index (χ0v) is 7.50. The minimum Gasteiger partial charge on any atom is -0.300 e. The van der Waals surface area contributed by atoms with E-state index < -0.39 is 0 Å². The van der Waals surface area contributed by atoms with Crippen molar-refractivity contribution < 1.29 is 4.79 Å². The molecule has 1 rings (SSSR count). The largest absolute Gasteiger partial charge is 0.300 e. The fourth-order valence-electron chi connectivity index (χ4n) is 1.07. The number of ketones is 1. The Kier molecular flexibility index (Phi) is 2.97. The van der Waals surface area contributed by atoms with Gasteiger partial charge in [0.1, 0.15) is 5.78 Å². The number of nitrogens with zero attached hydrogens (tertiary/aromatic N) is 1. The zero-order chi connectivity index (χ0) is 8.97. The smallest absolute Gasteiger partial charge is 0.130 e. The van der Waals surface area contributed by atoms with Gasteiger partial charge in [-0.15, -0.1) is 0 Å². The van der Waals surface area contributed by atoms with Crippen molar-refractivity contribution >= 4 is 5.78 Å². The van der Waals surface area contributed by atoms with Crippen LogP contribution in [-0.2, 0) is 11.2 Å². The predicted molar refractivity (Wildman–Crippen MR) is 48.0 cm³/mol. The molecule has 0 atom stereocenters. The fourth-order valence-corrected chi connectivity index (χ4v) is 1.07. The number of pyridine rings is 1. The number of rotatable bonds is 3. The third kappa shape index (κ3) is 2.46. The van der Waals surface area contributed by atoms with Crippen molar-refractivity contribution in [1.29, 1.82) is 0 Å². The topological polar surface area (TPSA) is 30.0 Å². The quantitative estimate of drug-likeness (QED) is 0.681. The molecule has 0 amide bonds. The third-order valence-electron chi connectivity index (χ3n) is 1.83. The molecular weight excluding hydrogens is 150 g/mol. The Labute approximate surface area is 72.6 Å². The zero-order valence-electron chi connectivity index (χ0n) is 7.50. The van der Waals surface area contributed by atoms with E-state index >= 15 is 0 Å². The van der Waals surface area contributed by atoms with Crippen LogP contribution in [0.2, 0.25) is 0 Å². The molecule has 0 N–H and O–H groups in total. The molecule has 0 fully saturated rings. The van der Waals surface area contributed by atoms with E-state index in [1.165, 1.54) is 5.56 Å². The summed E-state index contributed by atoms with van der Waals surface area (Å²) in [5.74, 6) is 0.222. The Morgan fingerprint density at radius 2 is 2.33 bits per heavy atom. The Morgan fingerprint density at radius 3 is 2.92 bits per heavy atom. The average molecular weight is 163 g/mol. The first-order valence-electron chi connectivity index (χ1n) is 4.10. The summed E-state index contributed by atoms with van der Waals surface area (Å²) in [6, 6.07) is 3.93. The van der Waals surface area contributed by atoms with Gasteiger partial charge in [-0.3, -0.25) is 4.98 Å². The van der Waals surface area contributed by atoms with Crippen molar-refractivity contribution in [3.63, 3.8) is 0 Å². The lowest BCUT2D eigenvalue weighted by Gasteiger charge is -2.01. The molecule has 0 saturated heterocycles. The van der Waals surface area contributed by atoms with Crippen LogP contribution in [0.1, 0.15) is 24.6 Å². The number of aryl methyl sites for hydroxylation is 2. The molecule has 0 unspecified atom stereocenters. The van der Waals surface area contributed by atoms with E-state index in [2.05, 4.69) is 4.98 Å². The molecule has 12 heavy (non-hydrogen) atoms. The van der Waals surface area contributed by atoms with Crippen LogP contribution >= 0.6 is 0 Å². The number of hydrogen-bond donors (Lipinski definition) is 0. The Balaban J connectivity index is 2.63. The molecule has 0 aliphatic carbocycles. The second-order valence-electron chi connectivity index (χ2n) is 2.97. The fraction of sp³-hybridized carbons (Fsp3) is 0.400. The first-order valence-corrected chi connectivity index (χ1v) is 4.10. The molecule has 1 aromatic rings. The summed E-state index contributed by atoms with van der Waals surface area (Å²) < 4.78 is 0. The summed E-state index contributed by atoms with van der Waals surface area (Å²) in [4.78, 5) is 14.9. The Hall–Kier alpha value is -1.18. The van der Waals surface area contributed by atoms with Crippen molar-refractivity contribution in [3.8, 4) is 0 Å². The van der Waals surface area contributed by atoms with Crippen LogP contribution in [0, 0.1) is 6.92 Å². The van der Waals surface area contributed by atoms with Crippen LogP contribution in [0.5, 0.6) is 0 Å². The molecule has 0 spiro atoms. The summed E-state index contributed by atoms with van der Waals surface area (Å²) in [5.41, 5.74) is 2.20. The van der Waals surface area contributed by atoms with Crippen molar-refractivity contribution in [2.75, 3.05) is 0 Å². The van der Waals surface area contributed by atoms with Gasteiger partial charge in [0.05, 0.1) is 0 Å². The lowest BCUT2D eigenvalue weighted by Crippen LogP contribution is -1.98. The normalized spacial score (nSPS) is 9.83. The number of hydrogen-bond acceptors (Lipinski definition) is 2. The van der Waals surface area contributed by atoms with Crippen LogP contribution in [0.3, 0.4) is 0 Å². The maximum absolute atomic E-state index is 10.7. The molecule has 64 valence electrons. The first kappa shape index (κ1) is 8.91. The molecule has 0 aliphatic rings. The summed E-state index contributed by atoms with van der Waals surface area (Å²) in [6.45, 7) is 3.63. The highest BCUT2D eigenvalue weighted by atomic mass is 16.1. The van der Waals surface area contributed by atoms with Crippen molar-refractivity contribution in [1.82, 2.24) is 4.98 Å². The summed E-state index contributed by atoms with van der Waals surface area (Å²) in [5, 5.41) is 0. The van der Waals surface area contributed by atoms with Gasteiger partial charge < -0.3 is 4.79 Å². The van der Waals surface area contributed by atoms with Gasteiger partial charge in [0.15, 0.2) is 0 Å². The predicted octanol–water partition coefficient (Wildman–Crippen LogP) is 1.91. The standard InChI is InChI=1S/C10H13NO/c1-8-4-3-7-11-10(8)6-5-9(2)12/h3-4,7H,5-6H2,1-2H3. The Bertz CT molecular complexity index is 281. The van der Waals surface area contributed by atoms with E-state index in [9.17, 15) is 4.79 Å². The van der Waals surface area contributed by atoms with Crippen molar-refractivity contribution in [2.24, 2.45) is 0 Å². The third-order valence-corrected chi connectivity index (χ3v) is 1.83. The summed E-state index contributed by atoms with van der Waals surface area (Å²) in [6.07, 6.45) is 3.13. The maximum atomic E-state index is 10.7. The molecule has 0 aromatic carbocycles. The van der Waals surface area contributed by atoms with Gasteiger partial charge in [-0.2, -0.15) is 0 Å². The molecule has 0 bridgehead atoms. The SMILES string of the molecule is CC(=O)CCc1ncccc1C. The molecule has 0 radical (unpaired) electrons. The second-order valence-corrected chi connectivity index (χ2v) is 2.97. The van der Waals surface area contributed by atoms with Crippen LogP contribution in [0.4, 0.5) is 0 Å². The molecule has 0 saturated carbocycles. The molecule has 2 heteroatoms. The summed E-state index contributed by atoms with van der Waals surface area (Å²) in [7, 11) is 0. The maximum Gasteiger partial charge on any atom is 0.130 e. The van der Waals surface area contributed by atoms with Gasteiger partial charge >= 0.3 is 0 Å². The van der Waals surface area contributed by atoms with Crippen molar-refractivity contribution in [2.45, 2.75) is 26.7 Å². The molecule has 2 nitrogen and oxygen atoms in total. The number of Topliss-reactive ketones (excluding diaryl/α,β-unsaturated/α-hetero) is 1. The van der Waals surface area contributed by atoms with E-state index in [-0.39, 0.29) is 5.78 Å². The van der Waals surface area contributed by atoms with Crippen LogP contribution in [0.25, 0.3) is 0 Å². The number of aromatic nitrogens is 1. The Morgan fingerprint density at radius 1 is 1.58 bits per heavy atom. The van der Waals surface area contributed by atoms with Crippen LogP contribution < -0.4 is 0 Å². The van der Waals surface area contributed by atoms with Crippen LogP contribution in [-0.4, -0.2) is 10.8 Å². The first-order chi connectivity index (χ1) is 5.70. The van der Waals surface area contributed by atoms with Gasteiger partial charge in [0.2, 0.25) is 0 Å². The minimum absolute atomic E-state index is 0.222. The highest BCUT2D eigenvalue weighted by Crippen LogP contribution is 2.05. The van der Waals surface area contributed by atoms with Gasteiger partial charge in [-0.1, -0.05) is 6.07 Å². The lowest BCUT2D eigenvalue weighted by atomic mass is 10.1. The average Bonchev–Trinajstić information content (AvgIpc) is 2.03. The number of carbonyl (C=O) groups excluding carboxylic acids is 1. The molecule has 1 aromatic heterocycles.